The Bertz CT molecular complexity index is 1620. The van der Waals surface area contributed by atoms with Crippen LogP contribution in [0.25, 0.3) is 0 Å². The van der Waals surface area contributed by atoms with Gasteiger partial charge in [0.05, 0.1) is 28.9 Å². The highest BCUT2D eigenvalue weighted by Gasteiger charge is 2.28. The molecule has 0 aliphatic rings. The molecule has 0 atom stereocenters. The summed E-state index contributed by atoms with van der Waals surface area (Å²) in [7, 11) is -4.05. The number of nitrogens with one attached hydrogen (secondary N) is 1. The molecule has 0 aliphatic carbocycles. The highest BCUT2D eigenvalue weighted by molar-refractivity contribution is 7.92. The fraction of sp³-hybridized carbons (Fsp3) is 0.0968. The van der Waals surface area contributed by atoms with Crippen molar-refractivity contribution in [2.75, 3.05) is 10.9 Å². The minimum Gasteiger partial charge on any atom is -0.490 e. The fourth-order valence-corrected chi connectivity index (χ4v) is 5.44. The van der Waals surface area contributed by atoms with Gasteiger partial charge in [0, 0.05) is 5.02 Å². The first-order chi connectivity index (χ1) is 19.3. The third kappa shape index (κ3) is 7.16. The smallest absolute Gasteiger partial charge is 0.273 e. The van der Waals surface area contributed by atoms with Crippen molar-refractivity contribution < 1.29 is 17.9 Å². The van der Waals surface area contributed by atoms with Gasteiger partial charge in [-0.2, -0.15) is 5.10 Å². The third-order valence-electron chi connectivity index (χ3n) is 5.87. The Kier molecular flexibility index (Phi) is 9.37. The zero-order valence-corrected chi connectivity index (χ0v) is 23.4. The lowest BCUT2D eigenvalue weighted by Crippen LogP contribution is -2.33. The number of carbonyl (C=O) groups excluding carboxylic acids is 1. The zero-order valence-electron chi connectivity index (χ0n) is 21.8. The molecule has 4 aromatic carbocycles. The van der Waals surface area contributed by atoms with Crippen molar-refractivity contribution in [2.24, 2.45) is 5.10 Å². The van der Waals surface area contributed by atoms with Crippen LogP contribution in [0.2, 0.25) is 5.02 Å². The maximum absolute atomic E-state index is 13.9. The second kappa shape index (κ2) is 13.1. The zero-order chi connectivity index (χ0) is 28.5. The summed E-state index contributed by atoms with van der Waals surface area (Å²) in [4.78, 5) is 13.4. The predicted octanol–water partition coefficient (Wildman–Crippen LogP) is 6.37. The summed E-state index contributed by atoms with van der Waals surface area (Å²) in [6.07, 6.45) is 3.13. The lowest BCUT2D eigenvalue weighted by Gasteiger charge is -2.26. The lowest BCUT2D eigenvalue weighted by molar-refractivity contribution is 0.0955. The lowest BCUT2D eigenvalue weighted by atomic mass is 10.1. The summed E-state index contributed by atoms with van der Waals surface area (Å²) < 4.78 is 34.6. The van der Waals surface area contributed by atoms with E-state index in [1.807, 2.05) is 19.1 Å². The van der Waals surface area contributed by atoms with E-state index in [0.717, 1.165) is 5.56 Å². The first-order valence-electron chi connectivity index (χ1n) is 12.4. The summed E-state index contributed by atoms with van der Waals surface area (Å²) in [6.45, 7) is 5.87. The second-order valence-electron chi connectivity index (χ2n) is 8.84. The first-order valence-corrected chi connectivity index (χ1v) is 14.2. The van der Waals surface area contributed by atoms with E-state index in [2.05, 4.69) is 17.1 Å². The van der Waals surface area contributed by atoms with Crippen LogP contribution in [0, 0.1) is 6.92 Å². The van der Waals surface area contributed by atoms with E-state index in [4.69, 9.17) is 16.3 Å². The number of nitrogens with zero attached hydrogens (tertiary/aromatic N) is 2. The molecule has 40 heavy (non-hydrogen) atoms. The average Bonchev–Trinajstić information content (AvgIpc) is 2.96. The quantitative estimate of drug-likeness (QED) is 0.128. The molecule has 0 unspecified atom stereocenters. The van der Waals surface area contributed by atoms with Crippen LogP contribution in [0.3, 0.4) is 0 Å². The van der Waals surface area contributed by atoms with Gasteiger partial charge in [-0.05, 0) is 66.6 Å². The number of rotatable bonds is 11. The number of sulfonamides is 1. The van der Waals surface area contributed by atoms with Crippen LogP contribution in [0.1, 0.15) is 27.0 Å². The number of carbonyl (C=O) groups is 1. The van der Waals surface area contributed by atoms with Crippen molar-refractivity contribution in [2.45, 2.75) is 18.4 Å². The molecule has 4 aromatic rings. The molecule has 0 radical (unpaired) electrons. The van der Waals surface area contributed by atoms with Crippen molar-refractivity contribution in [3.63, 3.8) is 0 Å². The van der Waals surface area contributed by atoms with Crippen LogP contribution in [0.5, 0.6) is 5.75 Å². The molecule has 0 fully saturated rings. The maximum atomic E-state index is 13.9. The van der Waals surface area contributed by atoms with E-state index < -0.39 is 15.9 Å². The van der Waals surface area contributed by atoms with E-state index in [1.54, 1.807) is 91.0 Å². The largest absolute Gasteiger partial charge is 0.490 e. The number of anilines is 1. The summed E-state index contributed by atoms with van der Waals surface area (Å²) in [5.74, 6) is 0.0748. The monoisotopic (exact) mass is 573 g/mol. The Hall–Kier alpha value is -4.40. The van der Waals surface area contributed by atoms with Gasteiger partial charge in [-0.15, -0.1) is 0 Å². The Morgan fingerprint density at radius 1 is 1.00 bits per heavy atom. The highest BCUT2D eigenvalue weighted by atomic mass is 35.5. The number of aryl methyl sites for hydroxylation is 1. The molecule has 0 aromatic heterocycles. The molecule has 0 bridgehead atoms. The van der Waals surface area contributed by atoms with Gasteiger partial charge in [-0.3, -0.25) is 9.10 Å². The van der Waals surface area contributed by atoms with Gasteiger partial charge in [0.25, 0.3) is 15.9 Å². The average molecular weight is 574 g/mol. The van der Waals surface area contributed by atoms with Gasteiger partial charge in [0.2, 0.25) is 0 Å². The van der Waals surface area contributed by atoms with Crippen molar-refractivity contribution in [1.82, 2.24) is 5.43 Å². The van der Waals surface area contributed by atoms with Gasteiger partial charge >= 0.3 is 0 Å². The number of amides is 1. The summed E-state index contributed by atoms with van der Waals surface area (Å²) in [5, 5.41) is 4.61. The number of para-hydroxylation sites is 1. The Balaban J connectivity index is 1.65. The molecular formula is C31H28ClN3O4S. The van der Waals surface area contributed by atoms with Gasteiger partial charge in [-0.1, -0.05) is 78.4 Å². The standard InChI is InChI=1S/C31H28ClN3O4S/c1-3-19-39-27-8-6-7-25(20-27)21-33-34-31(36)29-9-4-5-10-30(29)35(22-24-13-15-26(32)16-14-24)40(37,38)28-17-11-23(2)12-18-28/h3-18,20-21H,1,19,22H2,2H3,(H,34,36)/b33-21-. The molecule has 4 rings (SSSR count). The van der Waals surface area contributed by atoms with E-state index in [9.17, 15) is 13.2 Å². The number of ether oxygens (including phenoxy) is 1. The number of halogens is 1. The molecule has 204 valence electrons. The van der Waals surface area contributed by atoms with E-state index in [0.29, 0.717) is 28.5 Å². The second-order valence-corrected chi connectivity index (χ2v) is 11.1. The molecule has 0 saturated heterocycles. The number of hydrogen-bond donors (Lipinski definition) is 1. The third-order valence-corrected chi connectivity index (χ3v) is 7.90. The summed E-state index contributed by atoms with van der Waals surface area (Å²) in [5.41, 5.74) is 5.21. The maximum Gasteiger partial charge on any atom is 0.273 e. The molecule has 1 amide bonds. The molecule has 0 heterocycles. The van der Waals surface area contributed by atoms with Crippen LogP contribution in [0.4, 0.5) is 5.69 Å². The predicted molar refractivity (Wildman–Crippen MR) is 160 cm³/mol. The van der Waals surface area contributed by atoms with Crippen LogP contribution >= 0.6 is 11.6 Å². The van der Waals surface area contributed by atoms with Gasteiger partial charge in [0.15, 0.2) is 0 Å². The topological polar surface area (TPSA) is 88.1 Å². The molecule has 0 saturated carbocycles. The van der Waals surface area contributed by atoms with E-state index in [1.165, 1.54) is 10.5 Å². The molecular weight excluding hydrogens is 546 g/mol. The molecule has 0 spiro atoms. The van der Waals surface area contributed by atoms with Crippen molar-refractivity contribution in [1.29, 1.82) is 0 Å². The first kappa shape index (κ1) is 28.6. The fourth-order valence-electron chi connectivity index (χ4n) is 3.84. The summed E-state index contributed by atoms with van der Waals surface area (Å²) >= 11 is 6.05. The van der Waals surface area contributed by atoms with Crippen LogP contribution in [-0.2, 0) is 16.6 Å². The minimum absolute atomic E-state index is 0.0154. The van der Waals surface area contributed by atoms with Crippen LogP contribution in [-0.4, -0.2) is 27.1 Å². The van der Waals surface area contributed by atoms with E-state index in [-0.39, 0.29) is 22.7 Å². The van der Waals surface area contributed by atoms with Crippen molar-refractivity contribution in [3.05, 3.63) is 137 Å². The molecule has 1 N–H and O–H groups in total. The molecule has 7 nitrogen and oxygen atoms in total. The normalized spacial score (nSPS) is 11.2. The SMILES string of the molecule is C=CCOc1cccc(/C=N\NC(=O)c2ccccc2N(Cc2ccc(Cl)cc2)S(=O)(=O)c2ccc(C)cc2)c1. The summed E-state index contributed by atoms with van der Waals surface area (Å²) in [6, 6.07) is 27.2. The Morgan fingerprint density at radius 3 is 2.45 bits per heavy atom. The van der Waals surface area contributed by atoms with Crippen LogP contribution in [0.15, 0.2) is 120 Å². The molecule has 9 heteroatoms. The Morgan fingerprint density at radius 2 is 1.73 bits per heavy atom. The Labute approximate surface area is 239 Å². The van der Waals surface area contributed by atoms with Gasteiger partial charge in [0.1, 0.15) is 12.4 Å². The number of hydrogen-bond acceptors (Lipinski definition) is 5. The number of benzene rings is 4. The van der Waals surface area contributed by atoms with Crippen molar-refractivity contribution in [3.8, 4) is 5.75 Å². The van der Waals surface area contributed by atoms with E-state index >= 15 is 0 Å². The van der Waals surface area contributed by atoms with Gasteiger partial charge < -0.3 is 4.74 Å². The van der Waals surface area contributed by atoms with Crippen LogP contribution < -0.4 is 14.5 Å². The molecule has 0 aliphatic heterocycles. The highest BCUT2D eigenvalue weighted by Crippen LogP contribution is 2.30. The van der Waals surface area contributed by atoms with Crippen molar-refractivity contribution >= 4 is 39.4 Å². The minimum atomic E-state index is -4.05. The van der Waals surface area contributed by atoms with Gasteiger partial charge in [-0.25, -0.2) is 13.8 Å². The number of hydrazone groups is 1.